The molecule has 1 atom stereocenters. The van der Waals surface area contributed by atoms with Gasteiger partial charge in [-0.15, -0.1) is 0 Å². The minimum absolute atomic E-state index is 0.0223. The maximum absolute atomic E-state index is 12.8. The van der Waals surface area contributed by atoms with Gasteiger partial charge >= 0.3 is 0 Å². The van der Waals surface area contributed by atoms with Gasteiger partial charge in [0.15, 0.2) is 0 Å². The Morgan fingerprint density at radius 3 is 2.43 bits per heavy atom. The molecule has 23 heavy (non-hydrogen) atoms. The van der Waals surface area contributed by atoms with E-state index in [1.54, 1.807) is 19.2 Å². The summed E-state index contributed by atoms with van der Waals surface area (Å²) in [5.41, 5.74) is 7.13. The minimum Gasteiger partial charge on any atom is -0.495 e. The summed E-state index contributed by atoms with van der Waals surface area (Å²) >= 11 is 0. The first kappa shape index (κ1) is 17.6. The van der Waals surface area contributed by atoms with Crippen molar-refractivity contribution < 1.29 is 9.53 Å². The van der Waals surface area contributed by atoms with Crippen LogP contribution in [-0.4, -0.2) is 62.1 Å². The van der Waals surface area contributed by atoms with Gasteiger partial charge in [0.05, 0.1) is 18.8 Å². The van der Waals surface area contributed by atoms with Gasteiger partial charge in [0.25, 0.3) is 0 Å². The molecule has 1 unspecified atom stereocenters. The third-order valence-corrected chi connectivity index (χ3v) is 4.33. The van der Waals surface area contributed by atoms with E-state index in [1.165, 1.54) is 0 Å². The molecule has 0 bridgehead atoms. The molecule has 3 N–H and O–H groups in total. The molecule has 0 spiro atoms. The summed E-state index contributed by atoms with van der Waals surface area (Å²) < 4.78 is 5.15. The number of piperazine rings is 1. The number of carbonyl (C=O) groups is 1. The fraction of sp³-hybridized carbons (Fsp3) is 0.588. The van der Waals surface area contributed by atoms with Crippen molar-refractivity contribution in [2.75, 3.05) is 51.4 Å². The van der Waals surface area contributed by atoms with Crippen LogP contribution in [0.5, 0.6) is 5.75 Å². The van der Waals surface area contributed by atoms with E-state index in [0.29, 0.717) is 17.1 Å². The Labute approximate surface area is 138 Å². The number of anilines is 2. The van der Waals surface area contributed by atoms with Crippen LogP contribution in [0.25, 0.3) is 0 Å². The van der Waals surface area contributed by atoms with Gasteiger partial charge in [0, 0.05) is 31.9 Å². The summed E-state index contributed by atoms with van der Waals surface area (Å²) in [6.45, 7) is 7.99. The summed E-state index contributed by atoms with van der Waals surface area (Å²) in [7, 11) is 3.69. The topological polar surface area (TPSA) is 70.8 Å². The van der Waals surface area contributed by atoms with E-state index in [4.69, 9.17) is 10.5 Å². The van der Waals surface area contributed by atoms with Gasteiger partial charge in [-0.3, -0.25) is 9.69 Å². The Balaban J connectivity index is 2.08. The molecule has 1 saturated heterocycles. The lowest BCUT2D eigenvalue weighted by molar-refractivity contribution is -0.123. The summed E-state index contributed by atoms with van der Waals surface area (Å²) in [4.78, 5) is 17.3. The van der Waals surface area contributed by atoms with Gasteiger partial charge < -0.3 is 20.7 Å². The summed E-state index contributed by atoms with van der Waals surface area (Å²) in [6, 6.07) is 5.18. The van der Waals surface area contributed by atoms with E-state index >= 15 is 0 Å². The maximum Gasteiger partial charge on any atom is 0.241 e. The summed E-state index contributed by atoms with van der Waals surface area (Å²) in [5, 5.41) is 2.99. The summed E-state index contributed by atoms with van der Waals surface area (Å²) in [6.07, 6.45) is 0. The Bertz CT molecular complexity index is 539. The minimum atomic E-state index is -0.132. The molecular formula is C17H28N4O2. The number of carbonyl (C=O) groups excluding carboxylic acids is 1. The highest BCUT2D eigenvalue weighted by Crippen LogP contribution is 2.25. The first-order valence-electron chi connectivity index (χ1n) is 8.09. The molecule has 6 heteroatoms. The molecule has 0 aliphatic carbocycles. The number of nitrogen functional groups attached to an aromatic ring is 1. The van der Waals surface area contributed by atoms with Crippen LogP contribution in [0, 0.1) is 5.92 Å². The van der Waals surface area contributed by atoms with Crippen molar-refractivity contribution in [3.8, 4) is 5.75 Å². The predicted octanol–water partition coefficient (Wildman–Crippen LogP) is 1.49. The van der Waals surface area contributed by atoms with Crippen LogP contribution >= 0.6 is 0 Å². The summed E-state index contributed by atoms with van der Waals surface area (Å²) in [5.74, 6) is 0.880. The van der Waals surface area contributed by atoms with Crippen molar-refractivity contribution in [3.63, 3.8) is 0 Å². The van der Waals surface area contributed by atoms with Gasteiger partial charge in [-0.2, -0.15) is 0 Å². The van der Waals surface area contributed by atoms with Gasteiger partial charge in [0.1, 0.15) is 5.75 Å². The van der Waals surface area contributed by atoms with Crippen molar-refractivity contribution >= 4 is 17.3 Å². The number of likely N-dealkylation sites (N-methyl/N-ethyl adjacent to an activating group) is 1. The Morgan fingerprint density at radius 1 is 1.26 bits per heavy atom. The van der Waals surface area contributed by atoms with Crippen LogP contribution in [0.2, 0.25) is 0 Å². The number of nitrogens with one attached hydrogen (secondary N) is 1. The SMILES string of the molecule is COc1ccc(NC(=O)C(C(C)C)N2CCN(C)CC2)cc1N. The second-order valence-corrected chi connectivity index (χ2v) is 6.47. The lowest BCUT2D eigenvalue weighted by atomic mass is 10.0. The van der Waals surface area contributed by atoms with E-state index in [0.717, 1.165) is 26.2 Å². The van der Waals surface area contributed by atoms with E-state index in [9.17, 15) is 4.79 Å². The number of hydrogen-bond acceptors (Lipinski definition) is 5. The first-order chi connectivity index (χ1) is 10.9. The zero-order chi connectivity index (χ0) is 17.0. The zero-order valence-electron chi connectivity index (χ0n) is 14.5. The van der Waals surface area contributed by atoms with E-state index in [2.05, 4.69) is 36.0 Å². The molecule has 1 heterocycles. The number of nitrogens with zero attached hydrogens (tertiary/aromatic N) is 2. The maximum atomic E-state index is 12.8. The second-order valence-electron chi connectivity index (χ2n) is 6.47. The van der Waals surface area contributed by atoms with Gasteiger partial charge in [-0.05, 0) is 31.2 Å². The predicted molar refractivity (Wildman–Crippen MR) is 93.7 cm³/mol. The molecule has 0 aromatic heterocycles. The van der Waals surface area contributed by atoms with Crippen molar-refractivity contribution in [2.45, 2.75) is 19.9 Å². The molecule has 2 rings (SSSR count). The van der Waals surface area contributed by atoms with Gasteiger partial charge in [-0.25, -0.2) is 0 Å². The van der Waals surface area contributed by atoms with Crippen LogP contribution < -0.4 is 15.8 Å². The second kappa shape index (κ2) is 7.66. The molecule has 1 aromatic rings. The van der Waals surface area contributed by atoms with Crippen LogP contribution in [0.1, 0.15) is 13.8 Å². The Morgan fingerprint density at radius 2 is 1.91 bits per heavy atom. The lowest BCUT2D eigenvalue weighted by Crippen LogP contribution is -2.54. The third kappa shape index (κ3) is 4.36. The van der Waals surface area contributed by atoms with E-state index < -0.39 is 0 Å². The van der Waals surface area contributed by atoms with Crippen LogP contribution in [0.15, 0.2) is 18.2 Å². The van der Waals surface area contributed by atoms with Gasteiger partial charge in [-0.1, -0.05) is 13.8 Å². The number of nitrogens with two attached hydrogens (primary N) is 1. The number of methoxy groups -OCH3 is 1. The van der Waals surface area contributed by atoms with Crippen molar-refractivity contribution in [3.05, 3.63) is 18.2 Å². The number of hydrogen-bond donors (Lipinski definition) is 2. The van der Waals surface area contributed by atoms with E-state index in [-0.39, 0.29) is 17.9 Å². The number of benzene rings is 1. The van der Waals surface area contributed by atoms with Crippen molar-refractivity contribution in [2.24, 2.45) is 5.92 Å². The Hall–Kier alpha value is -1.79. The highest BCUT2D eigenvalue weighted by molar-refractivity contribution is 5.95. The normalized spacial score (nSPS) is 18.0. The number of ether oxygens (including phenoxy) is 1. The van der Waals surface area contributed by atoms with Crippen LogP contribution in [0.4, 0.5) is 11.4 Å². The molecule has 128 valence electrons. The molecule has 1 aliphatic heterocycles. The Kier molecular flexibility index (Phi) is 5.85. The third-order valence-electron chi connectivity index (χ3n) is 4.33. The molecule has 1 aliphatic rings. The highest BCUT2D eigenvalue weighted by atomic mass is 16.5. The monoisotopic (exact) mass is 320 g/mol. The van der Waals surface area contributed by atoms with Crippen LogP contribution in [0.3, 0.4) is 0 Å². The highest BCUT2D eigenvalue weighted by Gasteiger charge is 2.30. The smallest absolute Gasteiger partial charge is 0.241 e. The quantitative estimate of drug-likeness (QED) is 0.804. The van der Waals surface area contributed by atoms with Crippen molar-refractivity contribution in [1.29, 1.82) is 0 Å². The molecular weight excluding hydrogens is 292 g/mol. The van der Waals surface area contributed by atoms with Crippen LogP contribution in [-0.2, 0) is 4.79 Å². The molecule has 0 radical (unpaired) electrons. The first-order valence-corrected chi connectivity index (χ1v) is 8.09. The lowest BCUT2D eigenvalue weighted by Gasteiger charge is -2.38. The standard InChI is InChI=1S/C17H28N4O2/c1-12(2)16(21-9-7-20(3)8-10-21)17(22)19-13-5-6-15(23-4)14(18)11-13/h5-6,11-12,16H,7-10,18H2,1-4H3,(H,19,22). The number of amides is 1. The average molecular weight is 320 g/mol. The van der Waals surface area contributed by atoms with E-state index in [1.807, 2.05) is 6.07 Å². The fourth-order valence-corrected chi connectivity index (χ4v) is 3.02. The average Bonchev–Trinajstić information content (AvgIpc) is 2.49. The largest absolute Gasteiger partial charge is 0.495 e. The molecule has 6 nitrogen and oxygen atoms in total. The zero-order valence-corrected chi connectivity index (χ0v) is 14.5. The number of rotatable bonds is 5. The fourth-order valence-electron chi connectivity index (χ4n) is 3.02. The molecule has 1 amide bonds. The van der Waals surface area contributed by atoms with Crippen molar-refractivity contribution in [1.82, 2.24) is 9.80 Å². The molecule has 1 aromatic carbocycles. The molecule has 0 saturated carbocycles. The molecule has 1 fully saturated rings. The van der Waals surface area contributed by atoms with Gasteiger partial charge in [0.2, 0.25) is 5.91 Å².